The number of aromatic nitrogens is 1. The number of para-hydroxylation sites is 1. The van der Waals surface area contributed by atoms with Crippen molar-refractivity contribution in [2.75, 3.05) is 70.3 Å². The average molecular weight is 763 g/mol. The second-order valence-electron chi connectivity index (χ2n) is 15.2. The van der Waals surface area contributed by atoms with Gasteiger partial charge in [-0.05, 0) is 142 Å². The van der Waals surface area contributed by atoms with E-state index in [9.17, 15) is 9.18 Å². The first-order valence-electron chi connectivity index (χ1n) is 20.3. The molecule has 0 bridgehead atoms. The summed E-state index contributed by atoms with van der Waals surface area (Å²) in [5.74, 6) is 0.219. The Morgan fingerprint density at radius 3 is 2.16 bits per heavy atom. The van der Waals surface area contributed by atoms with Crippen LogP contribution < -0.4 is 10.2 Å². The zero-order valence-electron chi connectivity index (χ0n) is 32.5. The number of hydrogen-bond donors (Lipinski definition) is 1. The largest absolute Gasteiger partial charge is 0.368 e. The number of benzene rings is 4. The van der Waals surface area contributed by atoms with Crippen molar-refractivity contribution in [3.8, 4) is 5.69 Å². The SMILES string of the molecule is CCN(CC)CCCN(c1ccccc1)C1Cc2ccccc2C1.O=C1NCCN1CCN1CCC(c2cn(-c3ccc(F)cc3)c3ccc(Cl)cc23)CC1. The number of amides is 2. The fraction of sp³-hybridized carbons (Fsp3) is 0.413. The molecule has 55 heavy (non-hydrogen) atoms. The number of nitrogens with zero attached hydrogens (tertiary/aromatic N) is 5. The molecule has 1 aliphatic carbocycles. The summed E-state index contributed by atoms with van der Waals surface area (Å²) in [5, 5.41) is 4.76. The van der Waals surface area contributed by atoms with E-state index in [-0.39, 0.29) is 11.8 Å². The summed E-state index contributed by atoms with van der Waals surface area (Å²) in [4.78, 5) is 21.2. The number of rotatable bonds is 13. The van der Waals surface area contributed by atoms with E-state index in [0.29, 0.717) is 12.0 Å². The Morgan fingerprint density at radius 1 is 0.818 bits per heavy atom. The number of likely N-dealkylation sites (tertiary alicyclic amines) is 1. The minimum absolute atomic E-state index is 0.0559. The molecule has 1 N–H and O–H groups in total. The highest BCUT2D eigenvalue weighted by Gasteiger charge is 2.28. The molecule has 2 amide bonds. The van der Waals surface area contributed by atoms with Gasteiger partial charge in [0.2, 0.25) is 0 Å². The summed E-state index contributed by atoms with van der Waals surface area (Å²) in [6.45, 7) is 14.4. The quantitative estimate of drug-likeness (QED) is 0.130. The molecule has 0 spiro atoms. The predicted molar refractivity (Wildman–Crippen MR) is 225 cm³/mol. The first kappa shape index (κ1) is 38.9. The van der Waals surface area contributed by atoms with Crippen molar-refractivity contribution in [2.45, 2.75) is 57.9 Å². The third-order valence-electron chi connectivity index (χ3n) is 11.9. The molecule has 1 aromatic heterocycles. The van der Waals surface area contributed by atoms with Crippen molar-refractivity contribution >= 4 is 34.2 Å². The smallest absolute Gasteiger partial charge is 0.317 e. The van der Waals surface area contributed by atoms with Gasteiger partial charge in [0.15, 0.2) is 0 Å². The number of halogens is 2. The Labute approximate surface area is 331 Å². The minimum atomic E-state index is -0.234. The number of carbonyl (C=O) groups is 1. The van der Waals surface area contributed by atoms with E-state index in [1.165, 1.54) is 65.7 Å². The number of hydrogen-bond acceptors (Lipinski definition) is 4. The van der Waals surface area contributed by atoms with Gasteiger partial charge in [-0.3, -0.25) is 0 Å². The van der Waals surface area contributed by atoms with E-state index in [1.54, 1.807) is 0 Å². The molecule has 5 aromatic rings. The molecule has 4 aromatic carbocycles. The predicted octanol–water partition coefficient (Wildman–Crippen LogP) is 9.02. The maximum Gasteiger partial charge on any atom is 0.317 e. The van der Waals surface area contributed by atoms with Gasteiger partial charge < -0.3 is 29.5 Å². The fourth-order valence-electron chi connectivity index (χ4n) is 8.73. The molecular weight excluding hydrogens is 707 g/mol. The molecule has 3 aliphatic rings. The zero-order valence-corrected chi connectivity index (χ0v) is 33.2. The lowest BCUT2D eigenvalue weighted by Crippen LogP contribution is -2.40. The number of urea groups is 1. The highest BCUT2D eigenvalue weighted by atomic mass is 35.5. The van der Waals surface area contributed by atoms with Crippen LogP contribution in [-0.4, -0.2) is 96.8 Å². The van der Waals surface area contributed by atoms with Crippen LogP contribution >= 0.6 is 11.6 Å². The average Bonchev–Trinajstić information content (AvgIpc) is 3.95. The van der Waals surface area contributed by atoms with Gasteiger partial charge >= 0.3 is 6.03 Å². The monoisotopic (exact) mass is 762 g/mol. The molecule has 2 fully saturated rings. The number of piperidine rings is 1. The van der Waals surface area contributed by atoms with Gasteiger partial charge in [-0.25, -0.2) is 9.18 Å². The number of anilines is 1. The van der Waals surface area contributed by atoms with Crippen molar-refractivity contribution in [1.29, 1.82) is 0 Å². The molecule has 0 unspecified atom stereocenters. The van der Waals surface area contributed by atoms with Gasteiger partial charge in [0.25, 0.3) is 0 Å². The van der Waals surface area contributed by atoms with Crippen LogP contribution in [0.4, 0.5) is 14.9 Å². The summed E-state index contributed by atoms with van der Waals surface area (Å²) >= 11 is 6.34. The molecule has 9 heteroatoms. The van der Waals surface area contributed by atoms with Gasteiger partial charge in [-0.15, -0.1) is 0 Å². The van der Waals surface area contributed by atoms with Crippen LogP contribution in [-0.2, 0) is 12.8 Å². The lowest BCUT2D eigenvalue weighted by molar-refractivity contribution is 0.181. The maximum absolute atomic E-state index is 13.4. The van der Waals surface area contributed by atoms with Crippen molar-refractivity contribution in [2.24, 2.45) is 0 Å². The minimum Gasteiger partial charge on any atom is -0.368 e. The molecule has 8 rings (SSSR count). The van der Waals surface area contributed by atoms with E-state index in [4.69, 9.17) is 11.6 Å². The van der Waals surface area contributed by atoms with Crippen molar-refractivity contribution in [1.82, 2.24) is 24.6 Å². The van der Waals surface area contributed by atoms with E-state index < -0.39 is 0 Å². The van der Waals surface area contributed by atoms with Crippen LogP contribution in [0.2, 0.25) is 5.02 Å². The number of carbonyl (C=O) groups excluding carboxylic acids is 1. The van der Waals surface area contributed by atoms with Crippen LogP contribution in [0.5, 0.6) is 0 Å². The highest BCUT2D eigenvalue weighted by molar-refractivity contribution is 6.31. The van der Waals surface area contributed by atoms with Gasteiger partial charge in [0, 0.05) is 66.7 Å². The van der Waals surface area contributed by atoms with Gasteiger partial charge in [-0.1, -0.05) is 67.9 Å². The van der Waals surface area contributed by atoms with Crippen molar-refractivity contribution in [3.05, 3.63) is 131 Å². The van der Waals surface area contributed by atoms with Gasteiger partial charge in [-0.2, -0.15) is 0 Å². The normalized spacial score (nSPS) is 16.4. The molecule has 290 valence electrons. The summed E-state index contributed by atoms with van der Waals surface area (Å²) in [6.07, 6.45) is 7.92. The zero-order chi connectivity index (χ0) is 38.1. The fourth-order valence-corrected chi connectivity index (χ4v) is 8.90. The van der Waals surface area contributed by atoms with Gasteiger partial charge in [0.1, 0.15) is 5.82 Å². The molecular formula is C46H56ClFN6O. The van der Waals surface area contributed by atoms with Gasteiger partial charge in [0.05, 0.1) is 5.52 Å². The molecule has 2 aliphatic heterocycles. The van der Waals surface area contributed by atoms with E-state index in [1.807, 2.05) is 35.2 Å². The molecule has 0 saturated carbocycles. The van der Waals surface area contributed by atoms with Crippen LogP contribution in [0.25, 0.3) is 16.6 Å². The van der Waals surface area contributed by atoms with E-state index >= 15 is 0 Å². The summed E-state index contributed by atoms with van der Waals surface area (Å²) in [6, 6.07) is 33.2. The van der Waals surface area contributed by atoms with Crippen molar-refractivity contribution in [3.63, 3.8) is 0 Å². The second kappa shape index (κ2) is 18.5. The van der Waals surface area contributed by atoms with Crippen molar-refractivity contribution < 1.29 is 9.18 Å². The molecule has 0 radical (unpaired) electrons. The highest BCUT2D eigenvalue weighted by Crippen LogP contribution is 2.37. The number of fused-ring (bicyclic) bond motifs is 2. The Bertz CT molecular complexity index is 1960. The van der Waals surface area contributed by atoms with Crippen LogP contribution in [0.3, 0.4) is 0 Å². The Kier molecular flexibility index (Phi) is 13.1. The molecule has 3 heterocycles. The summed E-state index contributed by atoms with van der Waals surface area (Å²) in [5.41, 5.74) is 7.78. The first-order valence-corrected chi connectivity index (χ1v) is 20.7. The second-order valence-corrected chi connectivity index (χ2v) is 15.6. The summed E-state index contributed by atoms with van der Waals surface area (Å²) in [7, 11) is 0. The topological polar surface area (TPSA) is 47.0 Å². The maximum atomic E-state index is 13.4. The number of nitrogens with one attached hydrogen (secondary N) is 1. The van der Waals surface area contributed by atoms with E-state index in [2.05, 4.69) is 99.2 Å². The lowest BCUT2D eigenvalue weighted by Gasteiger charge is -2.32. The summed E-state index contributed by atoms with van der Waals surface area (Å²) < 4.78 is 15.6. The Balaban J connectivity index is 0.000000175. The van der Waals surface area contributed by atoms with Crippen LogP contribution in [0, 0.1) is 5.82 Å². The van der Waals surface area contributed by atoms with E-state index in [0.717, 1.165) is 88.0 Å². The Hall–Kier alpha value is -4.37. The van der Waals surface area contributed by atoms with Crippen LogP contribution in [0.1, 0.15) is 55.7 Å². The molecule has 2 saturated heterocycles. The lowest BCUT2D eigenvalue weighted by atomic mass is 9.89. The van der Waals surface area contributed by atoms with Crippen LogP contribution in [0.15, 0.2) is 103 Å². The third kappa shape index (κ3) is 9.54. The molecule has 7 nitrogen and oxygen atoms in total. The molecule has 0 atom stereocenters. The Morgan fingerprint density at radius 2 is 1.51 bits per heavy atom. The third-order valence-corrected chi connectivity index (χ3v) is 12.1. The first-order chi connectivity index (χ1) is 26.9. The standard InChI is InChI=1S/C24H26ClFN4O.C22H30N2/c25-18-1-6-23-21(15-18)22(16-30(23)20-4-2-19(26)3-5-20)17-7-10-28(11-8-17)13-14-29-12-9-27-24(29)31;1-3-23(4-2)15-10-16-24(21-13-6-5-7-14-21)22-17-19-11-8-9-12-20(19)18-22/h1-6,15-17H,7-14H2,(H,27,31);5-9,11-14,22H,3-4,10,15-18H2,1-2H3.